The molecule has 0 unspecified atom stereocenters. The molecule has 1 aliphatic rings. The van der Waals surface area contributed by atoms with E-state index in [1.54, 1.807) is 24.3 Å². The van der Waals surface area contributed by atoms with Crippen molar-refractivity contribution in [1.29, 1.82) is 0 Å². The van der Waals surface area contributed by atoms with Gasteiger partial charge in [-0.25, -0.2) is 0 Å². The second kappa shape index (κ2) is 12.3. The van der Waals surface area contributed by atoms with Crippen LogP contribution in [0.4, 0.5) is 0 Å². The first-order valence-electron chi connectivity index (χ1n) is 13.1. The minimum absolute atomic E-state index is 0.0404. The summed E-state index contributed by atoms with van der Waals surface area (Å²) >= 11 is 0. The van der Waals surface area contributed by atoms with Gasteiger partial charge in [0.1, 0.15) is 23.4 Å². The van der Waals surface area contributed by atoms with Crippen LogP contribution in [0.1, 0.15) is 52.7 Å². The van der Waals surface area contributed by atoms with E-state index in [-0.39, 0.29) is 23.3 Å². The van der Waals surface area contributed by atoms with Gasteiger partial charge in [-0.3, -0.25) is 9.59 Å². The zero-order chi connectivity index (χ0) is 29.0. The summed E-state index contributed by atoms with van der Waals surface area (Å²) in [4.78, 5) is 23.4. The molecule has 1 aliphatic heterocycles. The Morgan fingerprint density at radius 1 is 0.923 bits per heavy atom. The number of rotatable bonds is 8. The third kappa shape index (κ3) is 8.34. The molecule has 0 spiro atoms. The number of aromatic hydroxyl groups is 1. The molecule has 2 aromatic carbocycles. The van der Waals surface area contributed by atoms with Crippen molar-refractivity contribution < 1.29 is 38.1 Å². The summed E-state index contributed by atoms with van der Waals surface area (Å²) in [5.41, 5.74) is 1.72. The lowest BCUT2D eigenvalue weighted by Gasteiger charge is -2.39. The number of carbonyl (C=O) groups is 2. The van der Waals surface area contributed by atoms with Crippen LogP contribution >= 0.6 is 0 Å². The second-order valence-corrected chi connectivity index (χ2v) is 16.2. The SMILES string of the molecule is CC(=O)O[C@@H]1[C@@H](OC(C)=O)[C@@H](Oc2ccc(/C=C/c3cc(O)cc(O[Si](C)(C)C(C)(C)C)c3)cc2)OC[C@H]1C. The maximum Gasteiger partial charge on any atom is 0.303 e. The molecule has 0 amide bonds. The number of esters is 2. The molecular formula is C30H40O8Si. The number of benzene rings is 2. The Labute approximate surface area is 232 Å². The summed E-state index contributed by atoms with van der Waals surface area (Å²) in [6.45, 7) is 15.6. The first-order chi connectivity index (χ1) is 18.1. The van der Waals surface area contributed by atoms with Crippen molar-refractivity contribution in [2.45, 2.75) is 78.2 Å². The van der Waals surface area contributed by atoms with Gasteiger partial charge in [-0.15, -0.1) is 0 Å². The Balaban J connectivity index is 1.72. The van der Waals surface area contributed by atoms with Crippen molar-refractivity contribution in [3.8, 4) is 17.2 Å². The number of carbonyl (C=O) groups excluding carboxylic acids is 2. The van der Waals surface area contributed by atoms with Crippen molar-refractivity contribution in [3.63, 3.8) is 0 Å². The molecule has 1 heterocycles. The number of hydrogen-bond donors (Lipinski definition) is 1. The van der Waals surface area contributed by atoms with E-state index in [0.29, 0.717) is 11.5 Å². The molecule has 3 rings (SSSR count). The van der Waals surface area contributed by atoms with E-state index in [0.717, 1.165) is 11.1 Å². The Kier molecular flexibility index (Phi) is 9.50. The highest BCUT2D eigenvalue weighted by Gasteiger charge is 2.44. The van der Waals surface area contributed by atoms with Crippen LogP contribution in [0.3, 0.4) is 0 Å². The average molecular weight is 557 g/mol. The molecule has 0 aromatic heterocycles. The van der Waals surface area contributed by atoms with E-state index in [9.17, 15) is 14.7 Å². The Morgan fingerprint density at radius 2 is 1.51 bits per heavy atom. The Morgan fingerprint density at radius 3 is 2.10 bits per heavy atom. The van der Waals surface area contributed by atoms with Gasteiger partial charge in [0.2, 0.25) is 20.7 Å². The van der Waals surface area contributed by atoms with Gasteiger partial charge in [0.15, 0.2) is 0 Å². The van der Waals surface area contributed by atoms with Gasteiger partial charge < -0.3 is 28.5 Å². The summed E-state index contributed by atoms with van der Waals surface area (Å²) < 4.78 is 29.0. The molecule has 1 N–H and O–H groups in total. The molecule has 0 aliphatic carbocycles. The predicted molar refractivity (Wildman–Crippen MR) is 152 cm³/mol. The monoisotopic (exact) mass is 556 g/mol. The number of phenolic OH excluding ortho intramolecular Hbond substituents is 1. The zero-order valence-corrected chi connectivity index (χ0v) is 25.0. The van der Waals surface area contributed by atoms with E-state index in [1.807, 2.05) is 37.3 Å². The van der Waals surface area contributed by atoms with Gasteiger partial charge in [0, 0.05) is 25.8 Å². The highest BCUT2D eigenvalue weighted by atomic mass is 28.4. The van der Waals surface area contributed by atoms with Gasteiger partial charge in [-0.1, -0.05) is 52.0 Å². The molecule has 0 radical (unpaired) electrons. The maximum atomic E-state index is 11.7. The third-order valence-electron chi connectivity index (χ3n) is 6.97. The summed E-state index contributed by atoms with van der Waals surface area (Å²) in [6, 6.07) is 12.6. The molecule has 8 nitrogen and oxygen atoms in total. The second-order valence-electron chi connectivity index (χ2n) is 11.5. The van der Waals surface area contributed by atoms with Gasteiger partial charge >= 0.3 is 11.9 Å². The highest BCUT2D eigenvalue weighted by molar-refractivity contribution is 6.74. The smallest absolute Gasteiger partial charge is 0.303 e. The topological polar surface area (TPSA) is 101 Å². The third-order valence-corrected chi connectivity index (χ3v) is 11.3. The molecule has 2 aromatic rings. The largest absolute Gasteiger partial charge is 0.543 e. The van der Waals surface area contributed by atoms with Gasteiger partial charge in [-0.05, 0) is 53.5 Å². The quantitative estimate of drug-likeness (QED) is 0.234. The first-order valence-corrected chi connectivity index (χ1v) is 16.0. The van der Waals surface area contributed by atoms with Crippen LogP contribution in [0.2, 0.25) is 18.1 Å². The van der Waals surface area contributed by atoms with Crippen LogP contribution in [-0.4, -0.2) is 50.5 Å². The van der Waals surface area contributed by atoms with Crippen LogP contribution in [0, 0.1) is 5.92 Å². The predicted octanol–water partition coefficient (Wildman–Crippen LogP) is 6.18. The highest BCUT2D eigenvalue weighted by Crippen LogP contribution is 2.38. The molecule has 0 saturated carbocycles. The summed E-state index contributed by atoms with van der Waals surface area (Å²) in [5.74, 6) is 0.149. The molecule has 4 atom stereocenters. The molecule has 1 fully saturated rings. The summed E-state index contributed by atoms with van der Waals surface area (Å²) in [7, 11) is -2.05. The summed E-state index contributed by atoms with van der Waals surface area (Å²) in [5, 5.41) is 10.3. The Bertz CT molecular complexity index is 1180. The van der Waals surface area contributed by atoms with Crippen LogP contribution < -0.4 is 9.16 Å². The van der Waals surface area contributed by atoms with Crippen LogP contribution in [-0.2, 0) is 23.8 Å². The number of hydrogen-bond acceptors (Lipinski definition) is 8. The van der Waals surface area contributed by atoms with Gasteiger partial charge in [-0.2, -0.15) is 0 Å². The first kappa shape index (κ1) is 30.2. The van der Waals surface area contributed by atoms with Crippen LogP contribution in [0.25, 0.3) is 12.2 Å². The zero-order valence-electron chi connectivity index (χ0n) is 24.0. The van der Waals surface area contributed by atoms with Gasteiger partial charge in [0.05, 0.1) is 6.61 Å². The fraction of sp³-hybridized carbons (Fsp3) is 0.467. The average Bonchev–Trinajstić information content (AvgIpc) is 2.81. The minimum atomic E-state index is -2.05. The summed E-state index contributed by atoms with van der Waals surface area (Å²) in [6.07, 6.45) is 1.32. The molecule has 212 valence electrons. The molecule has 9 heteroatoms. The van der Waals surface area contributed by atoms with Crippen molar-refractivity contribution in [2.24, 2.45) is 5.92 Å². The minimum Gasteiger partial charge on any atom is -0.543 e. The lowest BCUT2D eigenvalue weighted by molar-refractivity contribution is -0.243. The number of phenols is 1. The molecule has 39 heavy (non-hydrogen) atoms. The van der Waals surface area contributed by atoms with Crippen LogP contribution in [0.15, 0.2) is 42.5 Å². The van der Waals surface area contributed by atoms with Crippen molar-refractivity contribution in [2.75, 3.05) is 6.61 Å². The van der Waals surface area contributed by atoms with E-state index in [1.165, 1.54) is 13.8 Å². The Hall–Kier alpha value is -3.30. The van der Waals surface area contributed by atoms with E-state index in [4.69, 9.17) is 23.4 Å². The van der Waals surface area contributed by atoms with Crippen molar-refractivity contribution in [1.82, 2.24) is 0 Å². The molecular weight excluding hydrogens is 516 g/mol. The van der Waals surface area contributed by atoms with E-state index in [2.05, 4.69) is 33.9 Å². The van der Waals surface area contributed by atoms with Crippen molar-refractivity contribution >= 4 is 32.4 Å². The maximum absolute atomic E-state index is 11.7. The van der Waals surface area contributed by atoms with E-state index < -0.39 is 38.8 Å². The normalized spacial score (nSPS) is 21.8. The van der Waals surface area contributed by atoms with E-state index >= 15 is 0 Å². The van der Waals surface area contributed by atoms with Gasteiger partial charge in [0.25, 0.3) is 0 Å². The lowest BCUT2D eigenvalue weighted by atomic mass is 9.97. The number of ether oxygens (including phenoxy) is 4. The van der Waals surface area contributed by atoms with Crippen molar-refractivity contribution in [3.05, 3.63) is 53.6 Å². The fourth-order valence-electron chi connectivity index (χ4n) is 3.90. The lowest BCUT2D eigenvalue weighted by Crippen LogP contribution is -2.55. The molecule has 0 bridgehead atoms. The standard InChI is InChI=1S/C30H40O8Si/c1-19-18-34-29(28(36-21(3)32)27(19)35-20(2)31)37-25-13-11-22(12-14-25)9-10-23-15-24(33)17-26(16-23)38-39(7,8)30(4,5)6/h9-17,19,27-29,33H,18H2,1-8H3/b10-9+/t19-,27+,28-,29-/m1/s1. The molecule has 1 saturated heterocycles. The van der Waals surface area contributed by atoms with Crippen LogP contribution in [0.5, 0.6) is 17.2 Å². The fourth-order valence-corrected chi connectivity index (χ4v) is 4.91.